The first-order valence-corrected chi connectivity index (χ1v) is 5.22. The molecule has 1 fully saturated rings. The molecule has 1 N–H and O–H groups in total. The number of Topliss-reactive ketones (excluding diaryl/α,β-unsaturated/α-hetero) is 1. The number of ketones is 1. The minimum Gasteiger partial charge on any atom is -0.461 e. The lowest BCUT2D eigenvalue weighted by Crippen LogP contribution is -2.57. The van der Waals surface area contributed by atoms with Gasteiger partial charge in [-0.05, 0) is 19.1 Å². The van der Waals surface area contributed by atoms with Crippen LogP contribution in [-0.2, 0) is 9.59 Å². The Hall–Kier alpha value is -1.95. The highest BCUT2D eigenvalue weighted by atomic mass is 16.3. The maximum absolute atomic E-state index is 11.8. The lowest BCUT2D eigenvalue weighted by atomic mass is 10.1. The van der Waals surface area contributed by atoms with Crippen LogP contribution in [0.1, 0.15) is 17.5 Å². The van der Waals surface area contributed by atoms with Crippen LogP contribution in [0, 0.1) is 0 Å². The van der Waals surface area contributed by atoms with E-state index in [0.29, 0.717) is 0 Å². The summed E-state index contributed by atoms with van der Waals surface area (Å²) in [5, 5.41) is 2.21. The van der Waals surface area contributed by atoms with Gasteiger partial charge in [-0.3, -0.25) is 24.6 Å². The van der Waals surface area contributed by atoms with Crippen molar-refractivity contribution in [2.75, 3.05) is 13.1 Å². The summed E-state index contributed by atoms with van der Waals surface area (Å²) < 4.78 is 4.96. The van der Waals surface area contributed by atoms with Crippen molar-refractivity contribution in [2.24, 2.45) is 0 Å². The van der Waals surface area contributed by atoms with Crippen LogP contribution < -0.4 is 5.32 Å². The molecule has 1 unspecified atom stereocenters. The van der Waals surface area contributed by atoms with Crippen molar-refractivity contribution in [1.82, 2.24) is 10.2 Å². The van der Waals surface area contributed by atoms with Gasteiger partial charge in [-0.1, -0.05) is 0 Å². The van der Waals surface area contributed by atoms with E-state index in [4.69, 9.17) is 4.42 Å². The van der Waals surface area contributed by atoms with Crippen LogP contribution in [0.15, 0.2) is 22.8 Å². The fourth-order valence-electron chi connectivity index (χ4n) is 1.66. The lowest BCUT2D eigenvalue weighted by molar-refractivity contribution is -0.139. The van der Waals surface area contributed by atoms with Crippen LogP contribution in [-0.4, -0.2) is 41.6 Å². The molecular weight excluding hydrogens is 224 g/mol. The third kappa shape index (κ3) is 2.42. The Morgan fingerprint density at radius 1 is 1.59 bits per heavy atom. The maximum atomic E-state index is 11.8. The fraction of sp³-hybridized carbons (Fsp3) is 0.364. The highest BCUT2D eigenvalue weighted by Gasteiger charge is 2.31. The molecule has 90 valence electrons. The summed E-state index contributed by atoms with van der Waals surface area (Å²) in [6.45, 7) is 1.68. The molecule has 0 bridgehead atoms. The predicted molar refractivity (Wildman–Crippen MR) is 57.2 cm³/mol. The summed E-state index contributed by atoms with van der Waals surface area (Å²) in [4.78, 5) is 35.8. The van der Waals surface area contributed by atoms with Gasteiger partial charge in [0.1, 0.15) is 0 Å². The summed E-state index contributed by atoms with van der Waals surface area (Å²) in [6.07, 6.45) is 1.41. The quantitative estimate of drug-likeness (QED) is 0.581. The highest BCUT2D eigenvalue weighted by Crippen LogP contribution is 2.08. The van der Waals surface area contributed by atoms with Gasteiger partial charge >= 0.3 is 0 Å². The van der Waals surface area contributed by atoms with Gasteiger partial charge in [0.25, 0.3) is 0 Å². The van der Waals surface area contributed by atoms with Gasteiger partial charge in [-0.25, -0.2) is 0 Å². The second-order valence-electron chi connectivity index (χ2n) is 3.89. The average molecular weight is 236 g/mol. The van der Waals surface area contributed by atoms with E-state index in [2.05, 4.69) is 5.32 Å². The van der Waals surface area contributed by atoms with E-state index in [1.807, 2.05) is 0 Å². The number of piperazine rings is 1. The molecule has 1 aromatic heterocycles. The van der Waals surface area contributed by atoms with Gasteiger partial charge in [-0.2, -0.15) is 0 Å². The normalized spacial score (nSPS) is 21.4. The van der Waals surface area contributed by atoms with Gasteiger partial charge in [0.05, 0.1) is 25.4 Å². The minimum absolute atomic E-state index is 0.00611. The standard InChI is InChI=1S/C11H12N2O4/c1-7-11(16)12-10(15)6-13(7)5-8(14)9-3-2-4-17-9/h2-4,7H,5-6H2,1H3,(H,12,15,16). The zero-order valence-corrected chi connectivity index (χ0v) is 9.30. The van der Waals surface area contributed by atoms with Crippen molar-refractivity contribution < 1.29 is 18.8 Å². The molecule has 6 nitrogen and oxygen atoms in total. The first kappa shape index (κ1) is 11.5. The summed E-state index contributed by atoms with van der Waals surface area (Å²) >= 11 is 0. The Labute approximate surface area is 97.6 Å². The van der Waals surface area contributed by atoms with Crippen molar-refractivity contribution in [3.8, 4) is 0 Å². The summed E-state index contributed by atoms with van der Waals surface area (Å²) in [6, 6.07) is 2.68. The molecule has 1 aliphatic rings. The number of amides is 2. The van der Waals surface area contributed by atoms with Crippen molar-refractivity contribution >= 4 is 17.6 Å². The Morgan fingerprint density at radius 3 is 3.00 bits per heavy atom. The van der Waals surface area contributed by atoms with Crippen molar-refractivity contribution in [3.05, 3.63) is 24.2 Å². The van der Waals surface area contributed by atoms with Crippen molar-refractivity contribution in [3.63, 3.8) is 0 Å². The number of carbonyl (C=O) groups excluding carboxylic acids is 3. The van der Waals surface area contributed by atoms with Gasteiger partial charge in [0.2, 0.25) is 17.6 Å². The maximum Gasteiger partial charge on any atom is 0.243 e. The molecule has 0 saturated carbocycles. The smallest absolute Gasteiger partial charge is 0.243 e. The van der Waals surface area contributed by atoms with Crippen molar-refractivity contribution in [1.29, 1.82) is 0 Å². The lowest BCUT2D eigenvalue weighted by Gasteiger charge is -2.30. The average Bonchev–Trinajstić information content (AvgIpc) is 2.78. The van der Waals surface area contributed by atoms with Gasteiger partial charge < -0.3 is 4.42 Å². The number of hydrogen-bond donors (Lipinski definition) is 1. The largest absolute Gasteiger partial charge is 0.461 e. The van der Waals surface area contributed by atoms with Gasteiger partial charge in [0.15, 0.2) is 5.76 Å². The SMILES string of the molecule is CC1C(=O)NC(=O)CN1CC(=O)c1ccco1. The van der Waals surface area contributed by atoms with Gasteiger partial charge in [0, 0.05) is 0 Å². The predicted octanol–water partition coefficient (Wildman–Crippen LogP) is -0.191. The van der Waals surface area contributed by atoms with Crippen LogP contribution in [0.25, 0.3) is 0 Å². The van der Waals surface area contributed by atoms with E-state index in [1.54, 1.807) is 19.1 Å². The second-order valence-corrected chi connectivity index (χ2v) is 3.89. The molecule has 2 rings (SSSR count). The van der Waals surface area contributed by atoms with Crippen LogP contribution in [0.2, 0.25) is 0 Å². The number of imide groups is 1. The molecule has 2 heterocycles. The summed E-state index contributed by atoms with van der Waals surface area (Å²) in [5.41, 5.74) is 0. The third-order valence-corrected chi connectivity index (χ3v) is 2.68. The van der Waals surface area contributed by atoms with Crippen LogP contribution in [0.4, 0.5) is 0 Å². The second kappa shape index (κ2) is 4.50. The molecule has 2 amide bonds. The molecule has 17 heavy (non-hydrogen) atoms. The zero-order valence-electron chi connectivity index (χ0n) is 9.30. The molecule has 6 heteroatoms. The summed E-state index contributed by atoms with van der Waals surface area (Å²) in [7, 11) is 0. The Kier molecular flexibility index (Phi) is 3.06. The third-order valence-electron chi connectivity index (χ3n) is 2.68. The molecule has 1 atom stereocenters. The van der Waals surface area contributed by atoms with E-state index in [-0.39, 0.29) is 36.4 Å². The Morgan fingerprint density at radius 2 is 2.35 bits per heavy atom. The van der Waals surface area contributed by atoms with Gasteiger partial charge in [-0.15, -0.1) is 0 Å². The number of carbonyl (C=O) groups is 3. The van der Waals surface area contributed by atoms with Crippen LogP contribution in [0.3, 0.4) is 0 Å². The van der Waals surface area contributed by atoms with E-state index < -0.39 is 6.04 Å². The number of nitrogens with zero attached hydrogens (tertiary/aromatic N) is 1. The van der Waals surface area contributed by atoms with E-state index in [9.17, 15) is 14.4 Å². The first-order valence-electron chi connectivity index (χ1n) is 5.22. The molecule has 1 aliphatic heterocycles. The monoisotopic (exact) mass is 236 g/mol. The topological polar surface area (TPSA) is 79.6 Å². The van der Waals surface area contributed by atoms with Crippen LogP contribution in [0.5, 0.6) is 0 Å². The number of hydrogen-bond acceptors (Lipinski definition) is 5. The van der Waals surface area contributed by atoms with E-state index >= 15 is 0 Å². The molecule has 0 aromatic carbocycles. The minimum atomic E-state index is -0.494. The molecule has 1 saturated heterocycles. The Bertz CT molecular complexity index is 452. The number of furan rings is 1. The summed E-state index contributed by atoms with van der Waals surface area (Å²) in [5.74, 6) is -0.783. The zero-order chi connectivity index (χ0) is 12.4. The molecule has 0 spiro atoms. The van der Waals surface area contributed by atoms with Crippen molar-refractivity contribution in [2.45, 2.75) is 13.0 Å². The van der Waals surface area contributed by atoms with E-state index in [0.717, 1.165) is 0 Å². The number of nitrogens with one attached hydrogen (secondary N) is 1. The van der Waals surface area contributed by atoms with E-state index in [1.165, 1.54) is 11.2 Å². The highest BCUT2D eigenvalue weighted by molar-refractivity contribution is 6.02. The molecule has 0 radical (unpaired) electrons. The molecule has 0 aliphatic carbocycles. The molecular formula is C11H12N2O4. The molecule has 1 aromatic rings. The fourth-order valence-corrected chi connectivity index (χ4v) is 1.66. The van der Waals surface area contributed by atoms with Crippen LogP contribution >= 0.6 is 0 Å². The first-order chi connectivity index (χ1) is 8.08. The Balaban J connectivity index is 2.05. The number of rotatable bonds is 3.